The molecule has 0 aliphatic heterocycles. The van der Waals surface area contributed by atoms with Gasteiger partial charge in [0.1, 0.15) is 0 Å². The van der Waals surface area contributed by atoms with Crippen molar-refractivity contribution in [2.24, 2.45) is 11.8 Å². The number of carbonyl (C=O) groups is 2. The second-order valence-corrected chi connectivity index (χ2v) is 5.46. The first-order valence-corrected chi connectivity index (χ1v) is 6.91. The number of nitro benzene ring substituents is 1. The van der Waals surface area contributed by atoms with Crippen molar-refractivity contribution in [1.82, 2.24) is 0 Å². The Hall–Kier alpha value is -2.65. The van der Waals surface area contributed by atoms with E-state index in [0.29, 0.717) is 12.5 Å². The lowest BCUT2D eigenvalue weighted by atomic mass is 10.1. The van der Waals surface area contributed by atoms with Crippen LogP contribution in [-0.2, 0) is 20.5 Å². The van der Waals surface area contributed by atoms with E-state index in [9.17, 15) is 32.9 Å². The smallest absolute Gasteiger partial charge is 0.418 e. The van der Waals surface area contributed by atoms with Crippen LogP contribution < -0.4 is 5.32 Å². The third-order valence-corrected chi connectivity index (χ3v) is 3.55. The van der Waals surface area contributed by atoms with Crippen molar-refractivity contribution < 1.29 is 32.4 Å². The Morgan fingerprint density at radius 1 is 1.42 bits per heavy atom. The quantitative estimate of drug-likeness (QED) is 0.502. The average Bonchev–Trinajstić information content (AvgIpc) is 3.21. The maximum Gasteiger partial charge on any atom is 0.418 e. The van der Waals surface area contributed by atoms with Gasteiger partial charge < -0.3 is 10.1 Å². The second kappa shape index (κ2) is 6.46. The van der Waals surface area contributed by atoms with Crippen LogP contribution in [0.5, 0.6) is 0 Å². The lowest BCUT2D eigenvalue weighted by molar-refractivity contribution is -0.385. The zero-order valence-corrected chi connectivity index (χ0v) is 12.4. The summed E-state index contributed by atoms with van der Waals surface area (Å²) in [6.07, 6.45) is -4.24. The van der Waals surface area contributed by atoms with Crippen molar-refractivity contribution in [2.75, 3.05) is 11.9 Å². The maximum absolute atomic E-state index is 13.0. The number of hydrogen-bond donors (Lipinski definition) is 1. The van der Waals surface area contributed by atoms with Gasteiger partial charge in [0.2, 0.25) is 0 Å². The highest BCUT2D eigenvalue weighted by Gasteiger charge is 2.41. The van der Waals surface area contributed by atoms with Crippen molar-refractivity contribution in [3.8, 4) is 0 Å². The summed E-state index contributed by atoms with van der Waals surface area (Å²) in [5, 5.41) is 12.5. The number of benzene rings is 1. The molecule has 2 rings (SSSR count). The first-order chi connectivity index (χ1) is 11.1. The summed E-state index contributed by atoms with van der Waals surface area (Å²) in [4.78, 5) is 32.7. The van der Waals surface area contributed by atoms with Crippen molar-refractivity contribution in [1.29, 1.82) is 0 Å². The number of anilines is 1. The number of hydrogen-bond acceptors (Lipinski definition) is 5. The molecule has 1 fully saturated rings. The molecule has 0 heterocycles. The first kappa shape index (κ1) is 17.7. The van der Waals surface area contributed by atoms with Gasteiger partial charge in [-0.2, -0.15) is 13.2 Å². The monoisotopic (exact) mass is 346 g/mol. The molecule has 0 unspecified atom stereocenters. The predicted molar refractivity (Wildman–Crippen MR) is 75.0 cm³/mol. The van der Waals surface area contributed by atoms with E-state index in [-0.39, 0.29) is 11.8 Å². The molecule has 0 spiro atoms. The molecule has 7 nitrogen and oxygen atoms in total. The van der Waals surface area contributed by atoms with Gasteiger partial charge in [-0.3, -0.25) is 19.7 Å². The Bertz CT molecular complexity index is 689. The Kier molecular flexibility index (Phi) is 4.76. The molecule has 1 N–H and O–H groups in total. The highest BCUT2D eigenvalue weighted by Crippen LogP contribution is 2.39. The first-order valence-electron chi connectivity index (χ1n) is 6.91. The number of esters is 1. The molecule has 0 radical (unpaired) electrons. The minimum atomic E-state index is -4.89. The van der Waals surface area contributed by atoms with Crippen molar-refractivity contribution >= 4 is 23.3 Å². The van der Waals surface area contributed by atoms with Crippen LogP contribution in [0, 0.1) is 22.0 Å². The SMILES string of the molecule is C[C@H]1C[C@H]1C(=O)OCC(=O)Nc1ccc([N+](=O)[O-])cc1C(F)(F)F. The van der Waals surface area contributed by atoms with E-state index in [4.69, 9.17) is 4.74 Å². The number of alkyl halides is 3. The molecule has 1 saturated carbocycles. The lowest BCUT2D eigenvalue weighted by Gasteiger charge is -2.13. The summed E-state index contributed by atoms with van der Waals surface area (Å²) < 4.78 is 43.6. The summed E-state index contributed by atoms with van der Waals surface area (Å²) in [5.41, 5.74) is -2.75. The number of ether oxygens (including phenoxy) is 1. The summed E-state index contributed by atoms with van der Waals surface area (Å²) in [7, 11) is 0. The number of nitrogens with one attached hydrogen (secondary N) is 1. The molecule has 0 aromatic heterocycles. The summed E-state index contributed by atoms with van der Waals surface area (Å²) in [5.74, 6) is -1.64. The molecular weight excluding hydrogens is 333 g/mol. The molecule has 1 aromatic carbocycles. The van der Waals surface area contributed by atoms with E-state index >= 15 is 0 Å². The number of halogens is 3. The zero-order valence-electron chi connectivity index (χ0n) is 12.4. The Balaban J connectivity index is 2.06. The Morgan fingerprint density at radius 2 is 2.04 bits per heavy atom. The van der Waals surface area contributed by atoms with Gasteiger partial charge in [-0.05, 0) is 18.4 Å². The van der Waals surface area contributed by atoms with Gasteiger partial charge in [0.15, 0.2) is 6.61 Å². The van der Waals surface area contributed by atoms with Crippen LogP contribution in [0.3, 0.4) is 0 Å². The maximum atomic E-state index is 13.0. The van der Waals surface area contributed by atoms with E-state index < -0.39 is 46.5 Å². The topological polar surface area (TPSA) is 98.5 Å². The summed E-state index contributed by atoms with van der Waals surface area (Å²) in [6.45, 7) is 1.11. The number of rotatable bonds is 5. The predicted octanol–water partition coefficient (Wildman–Crippen LogP) is 2.75. The van der Waals surface area contributed by atoms with Crippen molar-refractivity contribution in [3.63, 3.8) is 0 Å². The average molecular weight is 346 g/mol. The Labute approximate surface area is 133 Å². The van der Waals surface area contributed by atoms with Gasteiger partial charge in [0, 0.05) is 12.1 Å². The van der Waals surface area contributed by atoms with E-state index in [1.807, 2.05) is 12.2 Å². The van der Waals surface area contributed by atoms with Crippen molar-refractivity contribution in [3.05, 3.63) is 33.9 Å². The molecule has 2 atom stereocenters. The van der Waals surface area contributed by atoms with E-state index in [0.717, 1.165) is 12.1 Å². The van der Waals surface area contributed by atoms with Crippen LogP contribution in [0.15, 0.2) is 18.2 Å². The fourth-order valence-corrected chi connectivity index (χ4v) is 2.07. The molecule has 0 saturated heterocycles. The van der Waals surface area contributed by atoms with Crippen LogP contribution in [0.25, 0.3) is 0 Å². The number of nitrogens with zero attached hydrogens (tertiary/aromatic N) is 1. The molecule has 10 heteroatoms. The van der Waals surface area contributed by atoms with E-state index in [1.54, 1.807) is 0 Å². The number of non-ortho nitro benzene ring substituents is 1. The lowest BCUT2D eigenvalue weighted by Crippen LogP contribution is -2.23. The third-order valence-electron chi connectivity index (χ3n) is 3.55. The van der Waals surface area contributed by atoms with E-state index in [2.05, 4.69) is 0 Å². The van der Waals surface area contributed by atoms with Crippen LogP contribution in [0.1, 0.15) is 18.9 Å². The molecule has 1 aliphatic rings. The van der Waals surface area contributed by atoms with Crippen LogP contribution in [0.2, 0.25) is 0 Å². The fourth-order valence-electron chi connectivity index (χ4n) is 2.07. The van der Waals surface area contributed by atoms with Gasteiger partial charge in [-0.25, -0.2) is 0 Å². The Morgan fingerprint density at radius 3 is 2.54 bits per heavy atom. The molecule has 1 amide bonds. The highest BCUT2D eigenvalue weighted by atomic mass is 19.4. The second-order valence-electron chi connectivity index (χ2n) is 5.46. The van der Waals surface area contributed by atoms with Crippen LogP contribution in [0.4, 0.5) is 24.5 Å². The summed E-state index contributed by atoms with van der Waals surface area (Å²) >= 11 is 0. The molecule has 1 aliphatic carbocycles. The fraction of sp³-hybridized carbons (Fsp3) is 0.429. The van der Waals surface area contributed by atoms with Crippen LogP contribution in [-0.4, -0.2) is 23.4 Å². The normalized spacial score (nSPS) is 19.5. The molecule has 1 aromatic rings. The highest BCUT2D eigenvalue weighted by molar-refractivity contribution is 5.94. The zero-order chi connectivity index (χ0) is 18.1. The molecule has 24 heavy (non-hydrogen) atoms. The van der Waals surface area contributed by atoms with Crippen LogP contribution >= 0.6 is 0 Å². The van der Waals surface area contributed by atoms with Crippen molar-refractivity contribution in [2.45, 2.75) is 19.5 Å². The van der Waals surface area contributed by atoms with Gasteiger partial charge in [-0.15, -0.1) is 0 Å². The summed E-state index contributed by atoms with van der Waals surface area (Å²) in [6, 6.07) is 1.94. The number of carbonyl (C=O) groups excluding carboxylic acids is 2. The minimum Gasteiger partial charge on any atom is -0.455 e. The third kappa shape index (κ3) is 4.21. The molecule has 0 bridgehead atoms. The van der Waals surface area contributed by atoms with Gasteiger partial charge >= 0.3 is 12.1 Å². The van der Waals surface area contributed by atoms with Gasteiger partial charge in [-0.1, -0.05) is 6.92 Å². The molecule has 130 valence electrons. The molecular formula is C14H13F3N2O5. The number of amides is 1. The van der Waals surface area contributed by atoms with E-state index in [1.165, 1.54) is 0 Å². The minimum absolute atomic E-state index is 0.173. The van der Waals surface area contributed by atoms with Gasteiger partial charge in [0.05, 0.1) is 22.1 Å². The standard InChI is InChI=1S/C14H13F3N2O5/c1-7-4-9(7)13(21)24-6-12(20)18-11-3-2-8(19(22)23)5-10(11)14(15,16)17/h2-3,5,7,9H,4,6H2,1H3,(H,18,20)/t7-,9+/m0/s1. The largest absolute Gasteiger partial charge is 0.455 e. The van der Waals surface area contributed by atoms with Gasteiger partial charge in [0.25, 0.3) is 11.6 Å². The number of nitro groups is 1.